The first-order valence-corrected chi connectivity index (χ1v) is 7.55. The first-order chi connectivity index (χ1) is 9.69. The predicted octanol–water partition coefficient (Wildman–Crippen LogP) is 3.87. The molecule has 1 aromatic heterocycles. The fraction of sp³-hybridized carbons (Fsp3) is 0.312. The van der Waals surface area contributed by atoms with E-state index >= 15 is 0 Å². The maximum absolute atomic E-state index is 5.46. The molecule has 2 aromatic rings. The van der Waals surface area contributed by atoms with Crippen molar-refractivity contribution in [2.45, 2.75) is 26.4 Å². The maximum atomic E-state index is 5.46. The molecule has 1 atom stereocenters. The number of ether oxygens (including phenoxy) is 1. The van der Waals surface area contributed by atoms with E-state index in [0.29, 0.717) is 6.61 Å². The van der Waals surface area contributed by atoms with Crippen molar-refractivity contribution in [3.05, 3.63) is 58.6 Å². The van der Waals surface area contributed by atoms with Crippen LogP contribution in [-0.4, -0.2) is 11.6 Å². The van der Waals surface area contributed by atoms with Gasteiger partial charge in [-0.3, -0.25) is 0 Å². The van der Waals surface area contributed by atoms with Gasteiger partial charge in [-0.05, 0) is 31.5 Å². The summed E-state index contributed by atoms with van der Waals surface area (Å²) in [6, 6.07) is 8.39. The molecular formula is C16H20N2OS. The molecular weight excluding hydrogens is 268 g/mol. The Morgan fingerprint density at radius 1 is 1.40 bits per heavy atom. The first kappa shape index (κ1) is 14.8. The second kappa shape index (κ2) is 7.22. The van der Waals surface area contributed by atoms with E-state index in [1.165, 1.54) is 5.56 Å². The number of thiazole rings is 1. The average molecular weight is 288 g/mol. The van der Waals surface area contributed by atoms with Crippen molar-refractivity contribution in [2.75, 3.05) is 6.61 Å². The second-order valence-corrected chi connectivity index (χ2v) is 5.56. The quantitative estimate of drug-likeness (QED) is 0.785. The minimum absolute atomic E-state index is 0.269. The fourth-order valence-electron chi connectivity index (χ4n) is 1.79. The summed E-state index contributed by atoms with van der Waals surface area (Å²) >= 11 is 1.70. The highest BCUT2D eigenvalue weighted by Crippen LogP contribution is 2.18. The van der Waals surface area contributed by atoms with Crippen LogP contribution in [0.5, 0.6) is 5.75 Å². The smallest absolute Gasteiger partial charge is 0.119 e. The number of hydrogen-bond donors (Lipinski definition) is 1. The van der Waals surface area contributed by atoms with Crippen LogP contribution < -0.4 is 10.1 Å². The topological polar surface area (TPSA) is 34.1 Å². The third kappa shape index (κ3) is 4.18. The standard InChI is InChI=1S/C16H20N2OS/c1-4-9-19-15-7-5-14(6-8-15)10-17-13(3)16-18-12(2)11-20-16/h4-8,11,13,17H,1,9-10H2,2-3H3. The van der Waals surface area contributed by atoms with Crippen LogP contribution in [0.4, 0.5) is 0 Å². The van der Waals surface area contributed by atoms with Gasteiger partial charge in [0.25, 0.3) is 0 Å². The molecule has 1 unspecified atom stereocenters. The minimum atomic E-state index is 0.269. The molecule has 0 saturated carbocycles. The van der Waals surface area contributed by atoms with Crippen LogP contribution >= 0.6 is 11.3 Å². The average Bonchev–Trinajstić information content (AvgIpc) is 2.90. The Bertz CT molecular complexity index is 548. The van der Waals surface area contributed by atoms with Crippen molar-refractivity contribution in [2.24, 2.45) is 0 Å². The van der Waals surface area contributed by atoms with Crippen LogP contribution in [0.15, 0.2) is 42.3 Å². The fourth-order valence-corrected chi connectivity index (χ4v) is 2.62. The lowest BCUT2D eigenvalue weighted by Gasteiger charge is -2.11. The van der Waals surface area contributed by atoms with Crippen molar-refractivity contribution in [3.63, 3.8) is 0 Å². The van der Waals surface area contributed by atoms with Gasteiger partial charge >= 0.3 is 0 Å². The van der Waals surface area contributed by atoms with Crippen molar-refractivity contribution >= 4 is 11.3 Å². The first-order valence-electron chi connectivity index (χ1n) is 6.67. The van der Waals surface area contributed by atoms with Crippen molar-refractivity contribution in [1.82, 2.24) is 10.3 Å². The number of benzene rings is 1. The van der Waals surface area contributed by atoms with Crippen LogP contribution in [0.3, 0.4) is 0 Å². The highest BCUT2D eigenvalue weighted by atomic mass is 32.1. The Labute approximate surface area is 124 Å². The Hall–Kier alpha value is -1.65. The second-order valence-electron chi connectivity index (χ2n) is 4.67. The van der Waals surface area contributed by atoms with Gasteiger partial charge in [-0.15, -0.1) is 11.3 Å². The number of aryl methyl sites for hydroxylation is 1. The molecule has 0 amide bonds. The van der Waals surface area contributed by atoms with E-state index < -0.39 is 0 Å². The molecule has 3 nitrogen and oxygen atoms in total. The number of rotatable bonds is 7. The zero-order valence-electron chi connectivity index (χ0n) is 11.9. The van der Waals surface area contributed by atoms with Crippen molar-refractivity contribution < 1.29 is 4.74 Å². The van der Waals surface area contributed by atoms with E-state index in [-0.39, 0.29) is 6.04 Å². The van der Waals surface area contributed by atoms with Gasteiger partial charge in [-0.25, -0.2) is 4.98 Å². The number of nitrogens with zero attached hydrogens (tertiary/aromatic N) is 1. The Kier molecular flexibility index (Phi) is 5.32. The summed E-state index contributed by atoms with van der Waals surface area (Å²) in [6.45, 7) is 9.15. The highest BCUT2D eigenvalue weighted by molar-refractivity contribution is 7.09. The number of hydrogen-bond acceptors (Lipinski definition) is 4. The van der Waals surface area contributed by atoms with E-state index in [1.807, 2.05) is 19.1 Å². The van der Waals surface area contributed by atoms with E-state index in [4.69, 9.17) is 4.74 Å². The van der Waals surface area contributed by atoms with Gasteiger partial charge in [-0.1, -0.05) is 24.8 Å². The highest BCUT2D eigenvalue weighted by Gasteiger charge is 2.08. The molecule has 0 saturated heterocycles. The lowest BCUT2D eigenvalue weighted by atomic mass is 10.2. The normalized spacial score (nSPS) is 12.1. The number of aromatic nitrogens is 1. The maximum Gasteiger partial charge on any atom is 0.119 e. The molecule has 0 aliphatic carbocycles. The Morgan fingerprint density at radius 3 is 2.75 bits per heavy atom. The van der Waals surface area contributed by atoms with Gasteiger partial charge in [0, 0.05) is 17.6 Å². The molecule has 4 heteroatoms. The molecule has 1 heterocycles. The largest absolute Gasteiger partial charge is 0.490 e. The molecule has 1 N–H and O–H groups in total. The van der Waals surface area contributed by atoms with Gasteiger partial charge in [-0.2, -0.15) is 0 Å². The third-order valence-corrected chi connectivity index (χ3v) is 4.06. The van der Waals surface area contributed by atoms with Gasteiger partial charge in [0.2, 0.25) is 0 Å². The monoisotopic (exact) mass is 288 g/mol. The molecule has 20 heavy (non-hydrogen) atoms. The van der Waals surface area contributed by atoms with Gasteiger partial charge in [0.1, 0.15) is 17.4 Å². The third-order valence-electron chi connectivity index (χ3n) is 2.91. The van der Waals surface area contributed by atoms with E-state index in [0.717, 1.165) is 23.0 Å². The van der Waals surface area contributed by atoms with E-state index in [2.05, 4.69) is 41.3 Å². The molecule has 2 rings (SSSR count). The SMILES string of the molecule is C=CCOc1ccc(CNC(C)c2nc(C)cs2)cc1. The van der Waals surface area contributed by atoms with Gasteiger partial charge in [0.05, 0.1) is 6.04 Å². The summed E-state index contributed by atoms with van der Waals surface area (Å²) in [5, 5.41) is 6.70. The molecule has 0 bridgehead atoms. The zero-order chi connectivity index (χ0) is 14.4. The summed E-state index contributed by atoms with van der Waals surface area (Å²) in [5.41, 5.74) is 2.32. The van der Waals surface area contributed by atoms with Gasteiger partial charge in [0.15, 0.2) is 0 Å². The van der Waals surface area contributed by atoms with E-state index in [1.54, 1.807) is 17.4 Å². The Balaban J connectivity index is 1.85. The van der Waals surface area contributed by atoms with Gasteiger partial charge < -0.3 is 10.1 Å². The summed E-state index contributed by atoms with van der Waals surface area (Å²) in [7, 11) is 0. The predicted molar refractivity (Wildman–Crippen MR) is 84.2 cm³/mol. The van der Waals surface area contributed by atoms with Crippen LogP contribution in [0, 0.1) is 6.92 Å². The summed E-state index contributed by atoms with van der Waals surface area (Å²) in [5.74, 6) is 0.872. The lowest BCUT2D eigenvalue weighted by Crippen LogP contribution is -2.17. The van der Waals surface area contributed by atoms with E-state index in [9.17, 15) is 0 Å². The molecule has 0 radical (unpaired) electrons. The Morgan fingerprint density at radius 2 is 2.15 bits per heavy atom. The molecule has 106 valence electrons. The van der Waals surface area contributed by atoms with Crippen molar-refractivity contribution in [3.8, 4) is 5.75 Å². The molecule has 0 fully saturated rings. The summed E-state index contributed by atoms with van der Waals surface area (Å²) in [4.78, 5) is 4.50. The summed E-state index contributed by atoms with van der Waals surface area (Å²) in [6.07, 6.45) is 1.74. The number of nitrogens with one attached hydrogen (secondary N) is 1. The molecule has 1 aromatic carbocycles. The summed E-state index contributed by atoms with van der Waals surface area (Å²) < 4.78 is 5.46. The van der Waals surface area contributed by atoms with Crippen LogP contribution in [0.25, 0.3) is 0 Å². The lowest BCUT2D eigenvalue weighted by molar-refractivity contribution is 0.363. The molecule has 0 aliphatic heterocycles. The van der Waals surface area contributed by atoms with Crippen LogP contribution in [0.2, 0.25) is 0 Å². The van der Waals surface area contributed by atoms with Crippen LogP contribution in [-0.2, 0) is 6.54 Å². The zero-order valence-corrected chi connectivity index (χ0v) is 12.7. The van der Waals surface area contributed by atoms with Crippen molar-refractivity contribution in [1.29, 1.82) is 0 Å². The molecule has 0 aliphatic rings. The minimum Gasteiger partial charge on any atom is -0.490 e. The molecule has 0 spiro atoms. The van der Waals surface area contributed by atoms with Crippen LogP contribution in [0.1, 0.15) is 29.2 Å².